The minimum atomic E-state index is -3.43. The van der Waals surface area contributed by atoms with E-state index in [-0.39, 0.29) is 24.1 Å². The molecule has 0 aromatic heterocycles. The number of nitrogens with zero attached hydrogens (tertiary/aromatic N) is 2. The van der Waals surface area contributed by atoms with Crippen LogP contribution in [0.25, 0.3) is 0 Å². The molecule has 1 fully saturated rings. The molecule has 1 heterocycles. The Kier molecular flexibility index (Phi) is 8.06. The summed E-state index contributed by atoms with van der Waals surface area (Å²) in [5, 5.41) is 3.16. The van der Waals surface area contributed by atoms with Gasteiger partial charge in [-0.15, -0.1) is 0 Å². The van der Waals surface area contributed by atoms with Crippen molar-refractivity contribution in [2.75, 3.05) is 52.1 Å². The van der Waals surface area contributed by atoms with Crippen LogP contribution in [0.1, 0.15) is 28.8 Å². The molecule has 2 aromatic carbocycles. The van der Waals surface area contributed by atoms with Crippen molar-refractivity contribution in [1.29, 1.82) is 0 Å². The molecule has 0 aliphatic carbocycles. The maximum Gasteiger partial charge on any atom is 0.253 e. The molecular formula is C23H31N3O4S. The molecule has 1 N–H and O–H groups in total. The first-order valence-electron chi connectivity index (χ1n) is 10.6. The maximum atomic E-state index is 13.3. The highest BCUT2D eigenvalue weighted by molar-refractivity contribution is 7.89. The van der Waals surface area contributed by atoms with Crippen molar-refractivity contribution in [2.45, 2.75) is 12.8 Å². The summed E-state index contributed by atoms with van der Waals surface area (Å²) in [5.41, 5.74) is 1.63. The Hall–Kier alpha value is -2.42. The Balaban J connectivity index is 1.76. The van der Waals surface area contributed by atoms with Crippen molar-refractivity contribution in [3.8, 4) is 5.75 Å². The van der Waals surface area contributed by atoms with Gasteiger partial charge in [0.05, 0.1) is 12.9 Å². The first-order chi connectivity index (χ1) is 14.9. The lowest BCUT2D eigenvalue weighted by Gasteiger charge is -2.30. The van der Waals surface area contributed by atoms with E-state index in [2.05, 4.69) is 12.2 Å². The minimum Gasteiger partial charge on any atom is -0.497 e. The van der Waals surface area contributed by atoms with Gasteiger partial charge < -0.3 is 15.0 Å². The Morgan fingerprint density at radius 1 is 1.10 bits per heavy atom. The number of amides is 1. The van der Waals surface area contributed by atoms with E-state index in [9.17, 15) is 13.2 Å². The maximum absolute atomic E-state index is 13.3. The van der Waals surface area contributed by atoms with E-state index in [4.69, 9.17) is 4.74 Å². The predicted octanol–water partition coefficient (Wildman–Crippen LogP) is 2.18. The number of hydrogen-bond donors (Lipinski definition) is 1. The molecule has 2 aromatic rings. The van der Waals surface area contributed by atoms with Gasteiger partial charge in [-0.2, -0.15) is 4.31 Å². The number of piperazine rings is 1. The second-order valence-electron chi connectivity index (χ2n) is 7.76. The summed E-state index contributed by atoms with van der Waals surface area (Å²) in [5.74, 6) is 0.476. The van der Waals surface area contributed by atoms with Crippen molar-refractivity contribution in [2.24, 2.45) is 0 Å². The van der Waals surface area contributed by atoms with Crippen LogP contribution in [-0.4, -0.2) is 75.7 Å². The van der Waals surface area contributed by atoms with E-state index < -0.39 is 10.0 Å². The third-order valence-electron chi connectivity index (χ3n) is 5.58. The van der Waals surface area contributed by atoms with Gasteiger partial charge in [-0.05, 0) is 35.7 Å². The molecule has 0 saturated carbocycles. The average Bonchev–Trinajstić information content (AvgIpc) is 2.82. The lowest BCUT2D eigenvalue weighted by atomic mass is 10.0. The Bertz CT molecular complexity index is 943. The molecule has 31 heavy (non-hydrogen) atoms. The highest BCUT2D eigenvalue weighted by Crippen LogP contribution is 2.19. The van der Waals surface area contributed by atoms with Crippen LogP contribution < -0.4 is 10.1 Å². The fourth-order valence-electron chi connectivity index (χ4n) is 3.69. The fourth-order valence-corrected chi connectivity index (χ4v) is 5.13. The van der Waals surface area contributed by atoms with Crippen LogP contribution in [0.3, 0.4) is 0 Å². The van der Waals surface area contributed by atoms with Crippen LogP contribution in [0.4, 0.5) is 0 Å². The molecule has 0 unspecified atom stereocenters. The summed E-state index contributed by atoms with van der Waals surface area (Å²) in [7, 11) is -1.85. The molecule has 1 aliphatic heterocycles. The molecule has 0 bridgehead atoms. The largest absolute Gasteiger partial charge is 0.497 e. The number of benzene rings is 2. The van der Waals surface area contributed by atoms with Crippen molar-refractivity contribution in [1.82, 2.24) is 14.5 Å². The number of sulfonamides is 1. The van der Waals surface area contributed by atoms with E-state index in [0.29, 0.717) is 44.0 Å². The topological polar surface area (TPSA) is 79.0 Å². The summed E-state index contributed by atoms with van der Waals surface area (Å²) in [4.78, 5) is 14.9. The van der Waals surface area contributed by atoms with Crippen LogP contribution in [-0.2, 0) is 10.0 Å². The molecule has 1 aliphatic rings. The van der Waals surface area contributed by atoms with E-state index in [1.54, 1.807) is 36.3 Å². The molecule has 1 saturated heterocycles. The molecule has 0 radical (unpaired) electrons. The lowest BCUT2D eigenvalue weighted by Crippen LogP contribution is -2.48. The smallest absolute Gasteiger partial charge is 0.253 e. The van der Waals surface area contributed by atoms with Gasteiger partial charge in [-0.1, -0.05) is 37.3 Å². The number of carbonyl (C=O) groups excluding carboxylic acids is 1. The van der Waals surface area contributed by atoms with Gasteiger partial charge in [0.25, 0.3) is 5.91 Å². The Morgan fingerprint density at radius 2 is 1.74 bits per heavy atom. The van der Waals surface area contributed by atoms with Crippen LogP contribution in [0.15, 0.2) is 54.6 Å². The summed E-state index contributed by atoms with van der Waals surface area (Å²) in [6, 6.07) is 16.9. The van der Waals surface area contributed by atoms with Gasteiger partial charge in [0.15, 0.2) is 0 Å². The zero-order chi connectivity index (χ0) is 22.3. The molecule has 1 amide bonds. The summed E-state index contributed by atoms with van der Waals surface area (Å²) >= 11 is 0. The fraction of sp³-hybridized carbons (Fsp3) is 0.435. The monoisotopic (exact) mass is 445 g/mol. The second-order valence-corrected chi connectivity index (χ2v) is 9.84. The Morgan fingerprint density at radius 3 is 2.35 bits per heavy atom. The number of rotatable bonds is 9. The first kappa shape index (κ1) is 23.2. The molecule has 3 rings (SSSR count). The average molecular weight is 446 g/mol. The zero-order valence-electron chi connectivity index (χ0n) is 18.2. The number of ether oxygens (including phenoxy) is 1. The van der Waals surface area contributed by atoms with Gasteiger partial charge in [0.1, 0.15) is 5.75 Å². The second kappa shape index (κ2) is 10.7. The van der Waals surface area contributed by atoms with Crippen LogP contribution in [0.5, 0.6) is 5.75 Å². The molecular weight excluding hydrogens is 414 g/mol. The van der Waals surface area contributed by atoms with Crippen molar-refractivity contribution >= 4 is 15.9 Å². The molecule has 0 spiro atoms. The Labute approximate surface area is 185 Å². The zero-order valence-corrected chi connectivity index (χ0v) is 19.0. The minimum absolute atomic E-state index is 0.0743. The van der Waals surface area contributed by atoms with Crippen LogP contribution in [0, 0.1) is 0 Å². The number of nitrogens with one attached hydrogen (secondary N) is 1. The predicted molar refractivity (Wildman–Crippen MR) is 122 cm³/mol. The van der Waals surface area contributed by atoms with Crippen LogP contribution >= 0.6 is 0 Å². The highest BCUT2D eigenvalue weighted by Gasteiger charge is 2.27. The lowest BCUT2D eigenvalue weighted by molar-refractivity contribution is 0.0757. The number of methoxy groups -OCH3 is 1. The van der Waals surface area contributed by atoms with E-state index in [1.807, 2.05) is 30.3 Å². The van der Waals surface area contributed by atoms with E-state index >= 15 is 0 Å². The number of hydrogen-bond acceptors (Lipinski definition) is 5. The van der Waals surface area contributed by atoms with Gasteiger partial charge in [0.2, 0.25) is 10.0 Å². The molecule has 8 heteroatoms. The van der Waals surface area contributed by atoms with Gasteiger partial charge in [-0.3, -0.25) is 4.79 Å². The quantitative estimate of drug-likeness (QED) is 0.640. The van der Waals surface area contributed by atoms with Crippen molar-refractivity contribution in [3.05, 3.63) is 65.7 Å². The standard InChI is InChI=1S/C23H31N3O4S/c1-19(20-6-4-3-5-7-20)18-25(23(27)21-8-10-22(30-2)11-9-21)16-17-31(28,29)26-14-12-24-13-15-26/h3-11,19,24H,12-18H2,1-2H3/t19-/m1/s1. The van der Waals surface area contributed by atoms with E-state index in [1.165, 1.54) is 4.31 Å². The summed E-state index contributed by atoms with van der Waals surface area (Å²) in [6.45, 7) is 4.87. The highest BCUT2D eigenvalue weighted by atomic mass is 32.2. The van der Waals surface area contributed by atoms with Gasteiger partial charge >= 0.3 is 0 Å². The SMILES string of the molecule is COc1ccc(C(=O)N(CCS(=O)(=O)N2CCNCC2)C[C@@H](C)c2ccccc2)cc1. The normalized spacial score (nSPS) is 15.9. The van der Waals surface area contributed by atoms with E-state index in [0.717, 1.165) is 5.56 Å². The molecule has 7 nitrogen and oxygen atoms in total. The summed E-state index contributed by atoms with van der Waals surface area (Å²) < 4.78 is 32.4. The first-order valence-corrected chi connectivity index (χ1v) is 12.2. The summed E-state index contributed by atoms with van der Waals surface area (Å²) in [6.07, 6.45) is 0. The number of carbonyl (C=O) groups is 1. The molecule has 168 valence electrons. The van der Waals surface area contributed by atoms with Gasteiger partial charge in [0, 0.05) is 44.8 Å². The van der Waals surface area contributed by atoms with Gasteiger partial charge in [-0.25, -0.2) is 8.42 Å². The third-order valence-corrected chi connectivity index (χ3v) is 7.43. The third kappa shape index (κ3) is 6.29. The van der Waals surface area contributed by atoms with Crippen molar-refractivity contribution < 1.29 is 17.9 Å². The van der Waals surface area contributed by atoms with Crippen molar-refractivity contribution in [3.63, 3.8) is 0 Å². The van der Waals surface area contributed by atoms with Crippen LogP contribution in [0.2, 0.25) is 0 Å². The molecule has 1 atom stereocenters.